The van der Waals surface area contributed by atoms with E-state index in [4.69, 9.17) is 4.42 Å². The van der Waals surface area contributed by atoms with Gasteiger partial charge in [-0.25, -0.2) is 9.97 Å². The first-order valence-corrected chi connectivity index (χ1v) is 8.79. The number of carbonyl (C=O) groups is 1. The maximum Gasteiger partial charge on any atom is 0.270 e. The van der Waals surface area contributed by atoms with E-state index < -0.39 is 0 Å². The molecular weight excluding hydrogens is 316 g/mol. The van der Waals surface area contributed by atoms with Gasteiger partial charge in [-0.1, -0.05) is 11.6 Å². The fourth-order valence-electron chi connectivity index (χ4n) is 2.92. The summed E-state index contributed by atoms with van der Waals surface area (Å²) in [6, 6.07) is 5.39. The van der Waals surface area contributed by atoms with E-state index in [9.17, 15) is 4.79 Å². The molecule has 1 aliphatic rings. The third kappa shape index (κ3) is 5.17. The Labute approximate surface area is 147 Å². The quantitative estimate of drug-likeness (QED) is 0.753. The van der Waals surface area contributed by atoms with Crippen LogP contribution in [0, 0.1) is 6.92 Å². The number of aromatic nitrogens is 2. The largest absolute Gasteiger partial charge is 0.467 e. The molecule has 2 heterocycles. The van der Waals surface area contributed by atoms with Crippen LogP contribution in [0.2, 0.25) is 0 Å². The Morgan fingerprint density at radius 1 is 1.32 bits per heavy atom. The van der Waals surface area contributed by atoms with Crippen molar-refractivity contribution in [1.29, 1.82) is 0 Å². The topological polar surface area (TPSA) is 80.0 Å². The zero-order chi connectivity index (χ0) is 17.5. The van der Waals surface area contributed by atoms with Crippen LogP contribution in [0.4, 0.5) is 5.82 Å². The average Bonchev–Trinajstić information content (AvgIpc) is 3.14. The van der Waals surface area contributed by atoms with E-state index in [0.29, 0.717) is 30.4 Å². The Morgan fingerprint density at radius 3 is 3.00 bits per heavy atom. The number of hydrogen-bond donors (Lipinski definition) is 2. The molecule has 25 heavy (non-hydrogen) atoms. The molecule has 0 saturated heterocycles. The molecule has 132 valence electrons. The molecule has 1 amide bonds. The fraction of sp³-hybridized carbons (Fsp3) is 0.421. The zero-order valence-electron chi connectivity index (χ0n) is 14.5. The molecule has 0 fully saturated rings. The Kier molecular flexibility index (Phi) is 5.82. The van der Waals surface area contributed by atoms with Crippen LogP contribution in [-0.4, -0.2) is 22.4 Å². The normalized spacial score (nSPS) is 14.0. The molecule has 6 heteroatoms. The summed E-state index contributed by atoms with van der Waals surface area (Å²) >= 11 is 0. The van der Waals surface area contributed by atoms with E-state index >= 15 is 0 Å². The lowest BCUT2D eigenvalue weighted by molar-refractivity contribution is 0.0948. The number of allylic oxidation sites excluding steroid dienone is 1. The molecule has 0 atom stereocenters. The SMILES string of the molecule is Cc1nc(NCc2ccco2)cc(C(=O)NCCC2=CCCCC2)n1. The predicted octanol–water partition coefficient (Wildman–Crippen LogP) is 3.61. The highest BCUT2D eigenvalue weighted by atomic mass is 16.3. The van der Waals surface area contributed by atoms with Crippen LogP contribution in [0.25, 0.3) is 0 Å². The summed E-state index contributed by atoms with van der Waals surface area (Å²) in [7, 11) is 0. The molecule has 2 N–H and O–H groups in total. The summed E-state index contributed by atoms with van der Waals surface area (Å²) in [4.78, 5) is 20.9. The Balaban J connectivity index is 1.55. The Morgan fingerprint density at radius 2 is 2.24 bits per heavy atom. The van der Waals surface area contributed by atoms with Crippen molar-refractivity contribution in [3.05, 3.63) is 53.4 Å². The molecule has 0 aliphatic heterocycles. The molecule has 2 aromatic rings. The van der Waals surface area contributed by atoms with Crippen LogP contribution < -0.4 is 10.6 Å². The summed E-state index contributed by atoms with van der Waals surface area (Å²) in [6.07, 6.45) is 9.71. The number of nitrogens with zero attached hydrogens (tertiary/aromatic N) is 2. The molecule has 1 aliphatic carbocycles. The van der Waals surface area contributed by atoms with Gasteiger partial charge in [-0.15, -0.1) is 0 Å². The fourth-order valence-corrected chi connectivity index (χ4v) is 2.92. The number of aryl methyl sites for hydroxylation is 1. The van der Waals surface area contributed by atoms with Gasteiger partial charge in [0.15, 0.2) is 0 Å². The number of rotatable bonds is 7. The lowest BCUT2D eigenvalue weighted by Gasteiger charge is -2.13. The van der Waals surface area contributed by atoms with Crippen LogP contribution >= 0.6 is 0 Å². The summed E-state index contributed by atoms with van der Waals surface area (Å²) in [5, 5.41) is 6.11. The molecule has 0 saturated carbocycles. The summed E-state index contributed by atoms with van der Waals surface area (Å²) in [5.41, 5.74) is 1.83. The highest BCUT2D eigenvalue weighted by Crippen LogP contribution is 2.19. The molecule has 0 aromatic carbocycles. The van der Waals surface area contributed by atoms with Crippen molar-refractivity contribution >= 4 is 11.7 Å². The first kappa shape index (κ1) is 17.2. The molecule has 2 aromatic heterocycles. The maximum atomic E-state index is 12.4. The second-order valence-electron chi connectivity index (χ2n) is 6.23. The monoisotopic (exact) mass is 340 g/mol. The van der Waals surface area contributed by atoms with Crippen molar-refractivity contribution < 1.29 is 9.21 Å². The lowest BCUT2D eigenvalue weighted by Crippen LogP contribution is -2.26. The van der Waals surface area contributed by atoms with Crippen molar-refractivity contribution in [2.45, 2.75) is 45.6 Å². The number of nitrogens with one attached hydrogen (secondary N) is 2. The minimum absolute atomic E-state index is 0.164. The minimum Gasteiger partial charge on any atom is -0.467 e. The number of carbonyl (C=O) groups excluding carboxylic acids is 1. The van der Waals surface area contributed by atoms with Gasteiger partial charge in [0.2, 0.25) is 0 Å². The number of hydrogen-bond acceptors (Lipinski definition) is 5. The first-order valence-electron chi connectivity index (χ1n) is 8.79. The second-order valence-corrected chi connectivity index (χ2v) is 6.23. The lowest BCUT2D eigenvalue weighted by atomic mass is 9.97. The third-order valence-corrected chi connectivity index (χ3v) is 4.21. The van der Waals surface area contributed by atoms with E-state index in [1.807, 2.05) is 12.1 Å². The van der Waals surface area contributed by atoms with E-state index in [1.165, 1.54) is 24.8 Å². The third-order valence-electron chi connectivity index (χ3n) is 4.21. The smallest absolute Gasteiger partial charge is 0.270 e. The molecule has 3 rings (SSSR count). The van der Waals surface area contributed by atoms with Gasteiger partial charge in [-0.2, -0.15) is 0 Å². The molecule has 0 unspecified atom stereocenters. The molecule has 0 spiro atoms. The van der Waals surface area contributed by atoms with Crippen molar-refractivity contribution in [2.75, 3.05) is 11.9 Å². The van der Waals surface area contributed by atoms with Gasteiger partial charge >= 0.3 is 0 Å². The van der Waals surface area contributed by atoms with Crippen LogP contribution in [0.3, 0.4) is 0 Å². The van der Waals surface area contributed by atoms with Gasteiger partial charge in [-0.05, 0) is 51.2 Å². The average molecular weight is 340 g/mol. The number of furan rings is 1. The highest BCUT2D eigenvalue weighted by molar-refractivity contribution is 5.92. The van der Waals surface area contributed by atoms with Crippen LogP contribution in [0.1, 0.15) is 54.2 Å². The van der Waals surface area contributed by atoms with E-state index in [1.54, 1.807) is 19.3 Å². The van der Waals surface area contributed by atoms with Crippen molar-refractivity contribution in [3.63, 3.8) is 0 Å². The van der Waals surface area contributed by atoms with Crippen LogP contribution in [0.5, 0.6) is 0 Å². The van der Waals surface area contributed by atoms with Crippen molar-refractivity contribution in [2.24, 2.45) is 0 Å². The van der Waals surface area contributed by atoms with Crippen molar-refractivity contribution in [3.8, 4) is 0 Å². The van der Waals surface area contributed by atoms with Crippen molar-refractivity contribution in [1.82, 2.24) is 15.3 Å². The molecule has 0 bridgehead atoms. The van der Waals surface area contributed by atoms with E-state index in [2.05, 4.69) is 26.7 Å². The number of amides is 1. The summed E-state index contributed by atoms with van der Waals surface area (Å²) < 4.78 is 5.28. The predicted molar refractivity (Wildman–Crippen MR) is 96.3 cm³/mol. The first-order chi connectivity index (χ1) is 12.2. The number of anilines is 1. The standard InChI is InChI=1S/C19H24N4O2/c1-14-22-17(12-18(23-14)21-13-16-8-5-11-25-16)19(24)20-10-9-15-6-3-2-4-7-15/h5-6,8,11-12H,2-4,7,9-10,13H2,1H3,(H,20,24)(H,21,22,23). The minimum atomic E-state index is -0.164. The van der Waals surface area contributed by atoms with Gasteiger partial charge in [0, 0.05) is 12.6 Å². The molecule has 6 nitrogen and oxygen atoms in total. The van der Waals surface area contributed by atoms with Gasteiger partial charge in [0.25, 0.3) is 5.91 Å². The van der Waals surface area contributed by atoms with Crippen LogP contribution in [-0.2, 0) is 6.54 Å². The Hall–Kier alpha value is -2.63. The second kappa shape index (κ2) is 8.46. The molecule has 0 radical (unpaired) electrons. The zero-order valence-corrected chi connectivity index (χ0v) is 14.5. The van der Waals surface area contributed by atoms with Gasteiger partial charge < -0.3 is 15.1 Å². The van der Waals surface area contributed by atoms with E-state index in [-0.39, 0.29) is 5.91 Å². The molecular formula is C19H24N4O2. The maximum absolute atomic E-state index is 12.4. The van der Waals surface area contributed by atoms with Gasteiger partial charge in [0.1, 0.15) is 23.1 Å². The van der Waals surface area contributed by atoms with Gasteiger partial charge in [0.05, 0.1) is 12.8 Å². The highest BCUT2D eigenvalue weighted by Gasteiger charge is 2.11. The van der Waals surface area contributed by atoms with Crippen LogP contribution in [0.15, 0.2) is 40.5 Å². The summed E-state index contributed by atoms with van der Waals surface area (Å²) in [6.45, 7) is 2.93. The van der Waals surface area contributed by atoms with Gasteiger partial charge in [-0.3, -0.25) is 4.79 Å². The summed E-state index contributed by atoms with van der Waals surface area (Å²) in [5.74, 6) is 1.82. The van der Waals surface area contributed by atoms with E-state index in [0.717, 1.165) is 18.6 Å². The Bertz CT molecular complexity index is 738.